The Bertz CT molecular complexity index is 366. The second-order valence-corrected chi connectivity index (χ2v) is 4.41. The Morgan fingerprint density at radius 1 is 1.38 bits per heavy atom. The van der Waals surface area contributed by atoms with Gasteiger partial charge in [-0.3, -0.25) is 0 Å². The maximum atomic E-state index is 12.0. The van der Waals surface area contributed by atoms with Crippen LogP contribution in [0.3, 0.4) is 0 Å². The minimum atomic E-state index is -4.14. The summed E-state index contributed by atoms with van der Waals surface area (Å²) in [5.74, 6) is 0. The molecule has 0 aliphatic rings. The molecule has 0 amide bonds. The van der Waals surface area contributed by atoms with E-state index in [9.17, 15) is 13.2 Å². The van der Waals surface area contributed by atoms with Crippen LogP contribution in [0.15, 0.2) is 22.7 Å². The molecule has 0 radical (unpaired) electrons. The van der Waals surface area contributed by atoms with Gasteiger partial charge in [-0.1, -0.05) is 15.9 Å². The van der Waals surface area contributed by atoms with Gasteiger partial charge in [0, 0.05) is 18.1 Å². The fourth-order valence-corrected chi connectivity index (χ4v) is 1.67. The second-order valence-electron chi connectivity index (χ2n) is 3.49. The summed E-state index contributed by atoms with van der Waals surface area (Å²) in [5, 5.41) is 0. The zero-order valence-electron chi connectivity index (χ0n) is 8.68. The predicted octanol–water partition coefficient (Wildman–Crippen LogP) is 3.42. The number of nitrogens with zero attached hydrogens (tertiary/aromatic N) is 1. The molecule has 0 fully saturated rings. The molecule has 1 rings (SSSR count). The molecule has 2 N–H and O–H groups in total. The van der Waals surface area contributed by atoms with E-state index in [4.69, 9.17) is 5.73 Å². The first-order chi connectivity index (χ1) is 7.29. The summed E-state index contributed by atoms with van der Waals surface area (Å²) < 4.78 is 36.9. The molecule has 0 bridgehead atoms. The van der Waals surface area contributed by atoms with Crippen LogP contribution in [0.1, 0.15) is 6.42 Å². The van der Waals surface area contributed by atoms with Gasteiger partial charge in [0.05, 0.1) is 17.8 Å². The molecule has 0 aromatic heterocycles. The van der Waals surface area contributed by atoms with Crippen molar-refractivity contribution in [3.05, 3.63) is 22.7 Å². The van der Waals surface area contributed by atoms with Crippen molar-refractivity contribution in [3.8, 4) is 0 Å². The zero-order valence-corrected chi connectivity index (χ0v) is 10.3. The van der Waals surface area contributed by atoms with Crippen LogP contribution in [0.25, 0.3) is 0 Å². The molecule has 6 heteroatoms. The van der Waals surface area contributed by atoms with Gasteiger partial charge in [0.2, 0.25) is 0 Å². The third-order valence-electron chi connectivity index (χ3n) is 2.13. The third kappa shape index (κ3) is 3.92. The van der Waals surface area contributed by atoms with E-state index in [0.29, 0.717) is 11.4 Å². The molecule has 0 spiro atoms. The molecule has 0 atom stereocenters. The summed E-state index contributed by atoms with van der Waals surface area (Å²) >= 11 is 3.24. The smallest absolute Gasteiger partial charge is 0.390 e. The number of nitrogens with two attached hydrogens (primary N) is 1. The SMILES string of the molecule is CN(CCC(F)(F)F)c1ccc(Br)cc1N. The molecule has 0 saturated heterocycles. The van der Waals surface area contributed by atoms with Gasteiger partial charge >= 0.3 is 6.18 Å². The molecule has 1 aromatic carbocycles. The zero-order chi connectivity index (χ0) is 12.3. The lowest BCUT2D eigenvalue weighted by Gasteiger charge is -2.21. The number of alkyl halides is 3. The standard InChI is InChI=1S/C10H12BrF3N2/c1-16(5-4-10(12,13)14)9-3-2-7(11)6-8(9)15/h2-3,6H,4-5,15H2,1H3. The molecule has 2 nitrogen and oxygen atoms in total. The van der Waals surface area contributed by atoms with E-state index in [1.807, 2.05) is 0 Å². The molecule has 16 heavy (non-hydrogen) atoms. The van der Waals surface area contributed by atoms with E-state index in [1.54, 1.807) is 25.2 Å². The molecule has 90 valence electrons. The van der Waals surface area contributed by atoms with E-state index in [2.05, 4.69) is 15.9 Å². The highest BCUT2D eigenvalue weighted by atomic mass is 79.9. The van der Waals surface area contributed by atoms with Crippen molar-refractivity contribution in [3.63, 3.8) is 0 Å². The first-order valence-corrected chi connectivity index (χ1v) is 5.42. The molecular formula is C10H12BrF3N2. The van der Waals surface area contributed by atoms with E-state index in [1.165, 1.54) is 4.90 Å². The normalized spacial score (nSPS) is 11.6. The van der Waals surface area contributed by atoms with Crippen LogP contribution in [-0.2, 0) is 0 Å². The van der Waals surface area contributed by atoms with Crippen molar-refractivity contribution < 1.29 is 13.2 Å². The molecule has 0 aliphatic heterocycles. The largest absolute Gasteiger partial charge is 0.397 e. The lowest BCUT2D eigenvalue weighted by atomic mass is 10.2. The van der Waals surface area contributed by atoms with Gasteiger partial charge in [-0.25, -0.2) is 0 Å². The minimum absolute atomic E-state index is 0.102. The van der Waals surface area contributed by atoms with Crippen LogP contribution in [0.2, 0.25) is 0 Å². The molecular weight excluding hydrogens is 285 g/mol. The van der Waals surface area contributed by atoms with E-state index < -0.39 is 12.6 Å². The Balaban J connectivity index is 2.70. The summed E-state index contributed by atoms with van der Waals surface area (Å²) in [5.41, 5.74) is 6.77. The van der Waals surface area contributed by atoms with Gasteiger partial charge in [-0.05, 0) is 18.2 Å². The summed E-state index contributed by atoms with van der Waals surface area (Å²) in [7, 11) is 1.59. The number of halogens is 4. The average molecular weight is 297 g/mol. The van der Waals surface area contributed by atoms with Crippen molar-refractivity contribution in [2.75, 3.05) is 24.2 Å². The van der Waals surface area contributed by atoms with E-state index >= 15 is 0 Å². The fraction of sp³-hybridized carbons (Fsp3) is 0.400. The lowest BCUT2D eigenvalue weighted by Crippen LogP contribution is -2.24. The third-order valence-corrected chi connectivity index (χ3v) is 2.62. The number of anilines is 2. The Morgan fingerprint density at radius 2 is 2.00 bits per heavy atom. The van der Waals surface area contributed by atoms with Crippen LogP contribution >= 0.6 is 15.9 Å². The Morgan fingerprint density at radius 3 is 2.50 bits per heavy atom. The minimum Gasteiger partial charge on any atom is -0.397 e. The number of hydrogen-bond donors (Lipinski definition) is 1. The summed E-state index contributed by atoms with van der Waals surface area (Å²) in [6.45, 7) is -0.102. The van der Waals surface area contributed by atoms with Gasteiger partial charge in [-0.15, -0.1) is 0 Å². The molecule has 0 saturated carbocycles. The van der Waals surface area contributed by atoms with Crippen molar-refractivity contribution in [2.24, 2.45) is 0 Å². The van der Waals surface area contributed by atoms with Crippen molar-refractivity contribution in [1.82, 2.24) is 0 Å². The first kappa shape index (κ1) is 13.2. The number of hydrogen-bond acceptors (Lipinski definition) is 2. The summed E-state index contributed by atoms with van der Waals surface area (Å²) in [6.07, 6.45) is -4.99. The van der Waals surface area contributed by atoms with Gasteiger partial charge in [0.15, 0.2) is 0 Å². The highest BCUT2D eigenvalue weighted by Crippen LogP contribution is 2.27. The van der Waals surface area contributed by atoms with Crippen molar-refractivity contribution >= 4 is 27.3 Å². The molecule has 0 aliphatic carbocycles. The van der Waals surface area contributed by atoms with Gasteiger partial charge in [-0.2, -0.15) is 13.2 Å². The van der Waals surface area contributed by atoms with Crippen LogP contribution in [0, 0.1) is 0 Å². The molecule has 0 unspecified atom stereocenters. The van der Waals surface area contributed by atoms with E-state index in [0.717, 1.165) is 4.47 Å². The average Bonchev–Trinajstić information content (AvgIpc) is 2.13. The Labute approximate surface area is 100 Å². The van der Waals surface area contributed by atoms with Crippen LogP contribution in [0.4, 0.5) is 24.5 Å². The molecule has 0 heterocycles. The van der Waals surface area contributed by atoms with Crippen LogP contribution in [-0.4, -0.2) is 19.8 Å². The highest BCUT2D eigenvalue weighted by Gasteiger charge is 2.27. The topological polar surface area (TPSA) is 29.3 Å². The Hall–Kier alpha value is -0.910. The second kappa shape index (κ2) is 4.95. The van der Waals surface area contributed by atoms with Gasteiger partial charge in [0.25, 0.3) is 0 Å². The number of benzene rings is 1. The van der Waals surface area contributed by atoms with Crippen molar-refractivity contribution in [1.29, 1.82) is 0 Å². The van der Waals surface area contributed by atoms with Crippen LogP contribution in [0.5, 0.6) is 0 Å². The quantitative estimate of drug-likeness (QED) is 0.866. The number of rotatable bonds is 3. The number of nitrogen functional groups attached to an aromatic ring is 1. The first-order valence-electron chi connectivity index (χ1n) is 4.62. The summed E-state index contributed by atoms with van der Waals surface area (Å²) in [4.78, 5) is 1.50. The monoisotopic (exact) mass is 296 g/mol. The Kier molecular flexibility index (Phi) is 4.07. The highest BCUT2D eigenvalue weighted by molar-refractivity contribution is 9.10. The van der Waals surface area contributed by atoms with Crippen LogP contribution < -0.4 is 10.6 Å². The fourth-order valence-electron chi connectivity index (χ4n) is 1.29. The molecule has 1 aromatic rings. The lowest BCUT2D eigenvalue weighted by molar-refractivity contribution is -0.132. The van der Waals surface area contributed by atoms with Crippen molar-refractivity contribution in [2.45, 2.75) is 12.6 Å². The van der Waals surface area contributed by atoms with E-state index in [-0.39, 0.29) is 6.54 Å². The maximum absolute atomic E-state index is 12.0. The maximum Gasteiger partial charge on any atom is 0.390 e. The van der Waals surface area contributed by atoms with Gasteiger partial charge in [0.1, 0.15) is 0 Å². The predicted molar refractivity (Wildman–Crippen MR) is 62.5 cm³/mol. The summed E-state index contributed by atoms with van der Waals surface area (Å²) in [6, 6.07) is 5.10. The van der Waals surface area contributed by atoms with Gasteiger partial charge < -0.3 is 10.6 Å².